The standard InChI is InChI=1S/C44H50O10/c1-33(2)43(45)53-29-25-49-21-19-47-23-27-51-41-17-15-37(31-39(41)35-11-7-5-8-12-35)38-16-18-42(40(32-38)36-13-9-6-10-14-36)52-28-24-48-20-22-50-26-30-54-44(46)34(3)4/h5-18,31-32H,1,3,19-30H2,2,4H3. The van der Waals surface area contributed by atoms with E-state index in [-0.39, 0.29) is 13.2 Å². The lowest BCUT2D eigenvalue weighted by molar-refractivity contribution is -0.141. The largest absolute Gasteiger partial charge is 0.491 e. The van der Waals surface area contributed by atoms with Gasteiger partial charge in [-0.2, -0.15) is 0 Å². The first kappa shape index (κ1) is 41.5. The number of benzene rings is 4. The van der Waals surface area contributed by atoms with Crippen LogP contribution in [0.4, 0.5) is 0 Å². The molecule has 10 nitrogen and oxygen atoms in total. The van der Waals surface area contributed by atoms with Crippen LogP contribution in [0.3, 0.4) is 0 Å². The van der Waals surface area contributed by atoms with Gasteiger partial charge >= 0.3 is 11.9 Å². The minimum atomic E-state index is -0.424. The van der Waals surface area contributed by atoms with Crippen molar-refractivity contribution in [3.8, 4) is 44.9 Å². The first-order valence-electron chi connectivity index (χ1n) is 17.9. The summed E-state index contributed by atoms with van der Waals surface area (Å²) in [6.07, 6.45) is 0. The molecular formula is C44H50O10. The molecule has 0 saturated carbocycles. The minimum absolute atomic E-state index is 0.173. The van der Waals surface area contributed by atoms with E-state index in [4.69, 9.17) is 37.9 Å². The molecule has 4 aromatic carbocycles. The van der Waals surface area contributed by atoms with Gasteiger partial charge in [-0.3, -0.25) is 0 Å². The van der Waals surface area contributed by atoms with Crippen LogP contribution in [0.1, 0.15) is 13.8 Å². The fraction of sp³-hybridized carbons (Fsp3) is 0.318. The van der Waals surface area contributed by atoms with E-state index in [0.717, 1.165) is 44.9 Å². The molecule has 0 atom stereocenters. The second-order valence-electron chi connectivity index (χ2n) is 12.1. The Labute approximate surface area is 318 Å². The monoisotopic (exact) mass is 738 g/mol. The van der Waals surface area contributed by atoms with Gasteiger partial charge in [0.2, 0.25) is 0 Å². The molecule has 0 aliphatic carbocycles. The lowest BCUT2D eigenvalue weighted by atomic mass is 9.95. The third-order valence-electron chi connectivity index (χ3n) is 7.80. The predicted octanol–water partition coefficient (Wildman–Crippen LogP) is 7.75. The Kier molecular flexibility index (Phi) is 18.0. The van der Waals surface area contributed by atoms with Crippen molar-refractivity contribution in [2.75, 3.05) is 79.3 Å². The maximum Gasteiger partial charge on any atom is 0.333 e. The van der Waals surface area contributed by atoms with Crippen LogP contribution in [0, 0.1) is 0 Å². The van der Waals surface area contributed by atoms with E-state index < -0.39 is 11.9 Å². The van der Waals surface area contributed by atoms with E-state index in [0.29, 0.717) is 77.2 Å². The second-order valence-corrected chi connectivity index (χ2v) is 12.1. The number of hydrogen-bond acceptors (Lipinski definition) is 10. The zero-order valence-corrected chi connectivity index (χ0v) is 31.2. The number of rotatable bonds is 25. The van der Waals surface area contributed by atoms with Crippen molar-refractivity contribution in [3.63, 3.8) is 0 Å². The molecule has 286 valence electrons. The SMILES string of the molecule is C=C(C)C(=O)OCCOCCOCCOc1ccc(-c2ccc(OCCOCCOCCOC(=O)C(=C)C)c(-c3ccccc3)c2)cc1-c1ccccc1. The van der Waals surface area contributed by atoms with Crippen molar-refractivity contribution >= 4 is 11.9 Å². The van der Waals surface area contributed by atoms with Crippen LogP contribution >= 0.6 is 0 Å². The topological polar surface area (TPSA) is 108 Å². The van der Waals surface area contributed by atoms with Gasteiger partial charge in [-0.15, -0.1) is 0 Å². The van der Waals surface area contributed by atoms with Crippen LogP contribution in [0.15, 0.2) is 121 Å². The van der Waals surface area contributed by atoms with Gasteiger partial charge in [-0.25, -0.2) is 9.59 Å². The summed E-state index contributed by atoms with van der Waals surface area (Å²) in [6, 6.07) is 32.7. The first-order chi connectivity index (χ1) is 26.3. The van der Waals surface area contributed by atoms with Crippen molar-refractivity contribution in [1.82, 2.24) is 0 Å². The van der Waals surface area contributed by atoms with Gasteiger partial charge in [0, 0.05) is 22.3 Å². The van der Waals surface area contributed by atoms with Gasteiger partial charge in [0.05, 0.1) is 52.9 Å². The number of carbonyl (C=O) groups is 2. The normalized spacial score (nSPS) is 10.8. The van der Waals surface area contributed by atoms with E-state index in [1.165, 1.54) is 0 Å². The molecule has 0 aliphatic rings. The van der Waals surface area contributed by atoms with Crippen LogP contribution in [-0.4, -0.2) is 91.2 Å². The number of hydrogen-bond donors (Lipinski definition) is 0. The molecule has 0 amide bonds. The fourth-order valence-electron chi connectivity index (χ4n) is 5.06. The Balaban J connectivity index is 1.33. The highest BCUT2D eigenvalue weighted by atomic mass is 16.6. The molecule has 0 spiro atoms. The molecule has 0 saturated heterocycles. The van der Waals surface area contributed by atoms with Gasteiger partial charge in [0.1, 0.15) is 37.9 Å². The van der Waals surface area contributed by atoms with E-state index in [2.05, 4.69) is 61.7 Å². The number of esters is 2. The summed E-state index contributed by atoms with van der Waals surface area (Å²) in [6.45, 7) is 14.3. The molecule has 0 aliphatic heterocycles. The van der Waals surface area contributed by atoms with Crippen LogP contribution in [0.25, 0.3) is 33.4 Å². The summed E-state index contributed by atoms with van der Waals surface area (Å²) in [4.78, 5) is 22.8. The van der Waals surface area contributed by atoms with Crippen molar-refractivity contribution in [2.24, 2.45) is 0 Å². The number of carbonyl (C=O) groups excluding carboxylic acids is 2. The molecule has 0 heterocycles. The fourth-order valence-corrected chi connectivity index (χ4v) is 5.06. The van der Waals surface area contributed by atoms with Crippen LogP contribution < -0.4 is 9.47 Å². The number of ether oxygens (including phenoxy) is 8. The quantitative estimate of drug-likeness (QED) is 0.0381. The molecule has 54 heavy (non-hydrogen) atoms. The molecule has 0 radical (unpaired) electrons. The summed E-state index contributed by atoms with van der Waals surface area (Å²) in [5, 5.41) is 0. The lowest BCUT2D eigenvalue weighted by Gasteiger charge is -2.16. The van der Waals surface area contributed by atoms with E-state index in [1.807, 2.05) is 48.5 Å². The summed E-state index contributed by atoms with van der Waals surface area (Å²) >= 11 is 0. The molecule has 0 unspecified atom stereocenters. The molecule has 4 aromatic rings. The van der Waals surface area contributed by atoms with Crippen molar-refractivity contribution < 1.29 is 47.5 Å². The third kappa shape index (κ3) is 14.3. The molecule has 0 bridgehead atoms. The highest BCUT2D eigenvalue weighted by molar-refractivity contribution is 5.87. The van der Waals surface area contributed by atoms with E-state index >= 15 is 0 Å². The van der Waals surface area contributed by atoms with Gasteiger partial charge in [0.15, 0.2) is 0 Å². The van der Waals surface area contributed by atoms with E-state index in [1.54, 1.807) is 13.8 Å². The average molecular weight is 739 g/mol. The zero-order valence-electron chi connectivity index (χ0n) is 31.2. The Hall–Kier alpha value is -5.26. The molecule has 0 N–H and O–H groups in total. The van der Waals surface area contributed by atoms with Crippen molar-refractivity contribution in [2.45, 2.75) is 13.8 Å². The minimum Gasteiger partial charge on any atom is -0.491 e. The van der Waals surface area contributed by atoms with Crippen molar-refractivity contribution in [3.05, 3.63) is 121 Å². The molecule has 4 rings (SSSR count). The van der Waals surface area contributed by atoms with Gasteiger partial charge in [0.25, 0.3) is 0 Å². The van der Waals surface area contributed by atoms with Gasteiger partial charge in [-0.05, 0) is 60.4 Å². The summed E-state index contributed by atoms with van der Waals surface area (Å²) in [5.41, 5.74) is 6.80. The first-order valence-corrected chi connectivity index (χ1v) is 17.9. The van der Waals surface area contributed by atoms with Crippen molar-refractivity contribution in [1.29, 1.82) is 0 Å². The molecule has 10 heteroatoms. The summed E-state index contributed by atoms with van der Waals surface area (Å²) in [5.74, 6) is 0.659. The maximum absolute atomic E-state index is 11.4. The highest BCUT2D eigenvalue weighted by Gasteiger charge is 2.13. The molecule has 0 aromatic heterocycles. The Morgan fingerprint density at radius 2 is 0.759 bits per heavy atom. The Bertz CT molecular complexity index is 1640. The van der Waals surface area contributed by atoms with Crippen LogP contribution in [0.5, 0.6) is 11.5 Å². The Morgan fingerprint density at radius 1 is 0.426 bits per heavy atom. The van der Waals surface area contributed by atoms with Gasteiger partial charge in [-0.1, -0.05) is 86.0 Å². The van der Waals surface area contributed by atoms with E-state index in [9.17, 15) is 9.59 Å². The van der Waals surface area contributed by atoms with Crippen LogP contribution in [-0.2, 0) is 38.0 Å². The van der Waals surface area contributed by atoms with Crippen LogP contribution in [0.2, 0.25) is 0 Å². The maximum atomic E-state index is 11.4. The zero-order chi connectivity index (χ0) is 38.4. The summed E-state index contributed by atoms with van der Waals surface area (Å²) in [7, 11) is 0. The van der Waals surface area contributed by atoms with Gasteiger partial charge < -0.3 is 37.9 Å². The summed E-state index contributed by atoms with van der Waals surface area (Å²) < 4.78 is 44.7. The highest BCUT2D eigenvalue weighted by Crippen LogP contribution is 2.38. The average Bonchev–Trinajstić information content (AvgIpc) is 3.19. The lowest BCUT2D eigenvalue weighted by Crippen LogP contribution is -2.14. The smallest absolute Gasteiger partial charge is 0.333 e. The Morgan fingerprint density at radius 3 is 1.11 bits per heavy atom. The third-order valence-corrected chi connectivity index (χ3v) is 7.80. The second kappa shape index (κ2) is 23.4. The molecule has 0 fully saturated rings. The molecular weight excluding hydrogens is 688 g/mol. The predicted molar refractivity (Wildman–Crippen MR) is 209 cm³/mol.